The van der Waals surface area contributed by atoms with Gasteiger partial charge in [-0.05, 0) is 121 Å². The zero-order chi connectivity index (χ0) is 52.6. The highest BCUT2D eigenvalue weighted by atomic mass is 127. The van der Waals surface area contributed by atoms with Crippen LogP contribution in [-0.4, -0.2) is 89.5 Å². The van der Waals surface area contributed by atoms with Gasteiger partial charge in [0, 0.05) is 53.1 Å². The molecule has 4 rings (SSSR count). The Morgan fingerprint density at radius 3 is 2.22 bits per heavy atom. The van der Waals surface area contributed by atoms with Crippen molar-refractivity contribution in [1.29, 1.82) is 0 Å². The van der Waals surface area contributed by atoms with Gasteiger partial charge in [0.1, 0.15) is 6.61 Å². The van der Waals surface area contributed by atoms with Crippen LogP contribution < -0.4 is 22.1 Å². The van der Waals surface area contributed by atoms with Crippen molar-refractivity contribution >= 4 is 69.9 Å². The highest BCUT2D eigenvalue weighted by Crippen LogP contribution is 2.36. The third kappa shape index (κ3) is 20.3. The number of benzene rings is 3. The number of amides is 3. The van der Waals surface area contributed by atoms with Crippen molar-refractivity contribution in [3.63, 3.8) is 0 Å². The molecule has 0 aromatic heterocycles. The van der Waals surface area contributed by atoms with Gasteiger partial charge < -0.3 is 46.3 Å². The van der Waals surface area contributed by atoms with E-state index in [1.807, 2.05) is 36.4 Å². The van der Waals surface area contributed by atoms with Crippen LogP contribution in [0.1, 0.15) is 114 Å². The molecule has 7 N–H and O–H groups in total. The number of anilines is 1. The standard InChI is InChI=1S/C53H69F2IN6O10/c1-4-70-48(66)11-7-5-6-8-29-62-43(25-27-47(62)65)24-26-46(53(54,55)40-18-20-41(56)21-19-40)72-49(67)31-36-12-14-38(15-13-36)34-71-52(69)61-44(30-35(2)3)45(64)32-39(10-9-28-59-51(57)58)50(68)60-42-22-16-37(33-63)17-23-42/h12-24,26,35,39,43-44,46,63H,4-11,25,27-34H2,1-3H3,(H,60,68)(H,61,69)(H4,57,58,59)/b26-24+/t39-,43+,44+,46-/m1/s1. The quantitative estimate of drug-likeness (QED) is 0.00812. The number of hydrogen-bond donors (Lipinski definition) is 5. The fourth-order valence-corrected chi connectivity index (χ4v) is 8.42. The van der Waals surface area contributed by atoms with E-state index in [1.54, 1.807) is 60.4 Å². The van der Waals surface area contributed by atoms with Crippen LogP contribution >= 0.6 is 22.6 Å². The number of nitrogens with zero attached hydrogens (tertiary/aromatic N) is 2. The number of nitrogens with one attached hydrogen (secondary N) is 2. The second-order valence-corrected chi connectivity index (χ2v) is 19.4. The summed E-state index contributed by atoms with van der Waals surface area (Å²) in [6, 6.07) is 17.3. The molecule has 1 aliphatic heterocycles. The Morgan fingerprint density at radius 2 is 1.57 bits per heavy atom. The summed E-state index contributed by atoms with van der Waals surface area (Å²) in [5.41, 5.74) is 12.7. The Balaban J connectivity index is 1.36. The van der Waals surface area contributed by atoms with E-state index >= 15 is 8.78 Å². The summed E-state index contributed by atoms with van der Waals surface area (Å²) in [6.45, 7) is 6.18. The molecule has 0 aliphatic carbocycles. The van der Waals surface area contributed by atoms with Gasteiger partial charge >= 0.3 is 24.0 Å². The molecule has 16 nitrogen and oxygen atoms in total. The number of rotatable bonds is 30. The van der Waals surface area contributed by atoms with Crippen molar-refractivity contribution in [1.82, 2.24) is 10.2 Å². The fourth-order valence-electron chi connectivity index (χ4n) is 8.06. The van der Waals surface area contributed by atoms with E-state index in [2.05, 4.69) is 15.6 Å². The number of halogens is 3. The number of hydrogen-bond acceptors (Lipinski definition) is 11. The van der Waals surface area contributed by atoms with Gasteiger partial charge in [0.25, 0.3) is 0 Å². The molecule has 3 aromatic carbocycles. The van der Waals surface area contributed by atoms with E-state index in [9.17, 15) is 33.9 Å². The van der Waals surface area contributed by atoms with E-state index in [4.69, 9.17) is 25.7 Å². The number of unbranched alkanes of at least 4 members (excludes halogenated alkanes) is 3. The maximum absolute atomic E-state index is 16.2. The molecule has 0 bridgehead atoms. The van der Waals surface area contributed by atoms with Crippen molar-refractivity contribution in [3.8, 4) is 0 Å². The lowest BCUT2D eigenvalue weighted by Gasteiger charge is -2.27. The summed E-state index contributed by atoms with van der Waals surface area (Å²) in [5.74, 6) is -6.52. The number of alkyl carbamates (subject to hydrolysis) is 1. The number of Topliss-reactive ketones (excluding diaryl/α,β-unsaturated/α-hetero) is 1. The molecule has 392 valence electrons. The minimum Gasteiger partial charge on any atom is -0.466 e. The molecular formula is C53H69F2IN6O10. The summed E-state index contributed by atoms with van der Waals surface area (Å²) in [5, 5.41) is 14.9. The lowest BCUT2D eigenvalue weighted by Crippen LogP contribution is -2.43. The lowest BCUT2D eigenvalue weighted by atomic mass is 9.90. The number of nitrogens with two attached hydrogens (primary N) is 2. The number of carbonyl (C=O) groups excluding carboxylic acids is 6. The Bertz CT molecular complexity index is 2290. The predicted molar refractivity (Wildman–Crippen MR) is 277 cm³/mol. The normalized spacial score (nSPS) is 14.9. The molecule has 0 spiro atoms. The van der Waals surface area contributed by atoms with Crippen LogP contribution in [0.4, 0.5) is 19.3 Å². The first kappa shape index (κ1) is 58.6. The minimum atomic E-state index is -3.62. The maximum atomic E-state index is 16.2. The number of guanidine groups is 1. The lowest BCUT2D eigenvalue weighted by molar-refractivity contribution is -0.167. The predicted octanol–water partition coefficient (Wildman–Crippen LogP) is 8.00. The average Bonchev–Trinajstić information content (AvgIpc) is 3.69. The smallest absolute Gasteiger partial charge is 0.408 e. The molecule has 72 heavy (non-hydrogen) atoms. The van der Waals surface area contributed by atoms with Crippen LogP contribution in [0, 0.1) is 15.4 Å². The molecule has 1 fully saturated rings. The number of aliphatic hydroxyl groups is 1. The zero-order valence-electron chi connectivity index (χ0n) is 41.3. The van der Waals surface area contributed by atoms with E-state index < -0.39 is 48.0 Å². The van der Waals surface area contributed by atoms with Gasteiger partial charge in [-0.3, -0.25) is 29.0 Å². The highest BCUT2D eigenvalue weighted by Gasteiger charge is 2.43. The molecule has 1 heterocycles. The second-order valence-electron chi connectivity index (χ2n) is 18.1. The summed E-state index contributed by atoms with van der Waals surface area (Å²) in [7, 11) is 0. The van der Waals surface area contributed by atoms with Crippen LogP contribution in [-0.2, 0) is 63.7 Å². The summed E-state index contributed by atoms with van der Waals surface area (Å²) < 4.78 is 49.2. The van der Waals surface area contributed by atoms with Gasteiger partial charge in [0.15, 0.2) is 17.8 Å². The highest BCUT2D eigenvalue weighted by molar-refractivity contribution is 14.1. The Kier molecular flexibility index (Phi) is 24.6. The molecule has 1 aliphatic rings. The number of likely N-dealkylation sites (tertiary alicyclic amines) is 1. The number of carbonyl (C=O) groups is 6. The van der Waals surface area contributed by atoms with Gasteiger partial charge in [0.05, 0.1) is 31.7 Å². The molecule has 0 saturated carbocycles. The first-order chi connectivity index (χ1) is 34.4. The second kappa shape index (κ2) is 30.2. The third-order valence-electron chi connectivity index (χ3n) is 11.9. The van der Waals surface area contributed by atoms with Crippen LogP contribution in [0.3, 0.4) is 0 Å². The molecule has 1 saturated heterocycles. The summed E-state index contributed by atoms with van der Waals surface area (Å²) in [4.78, 5) is 83.8. The molecule has 0 radical (unpaired) electrons. The van der Waals surface area contributed by atoms with E-state index in [-0.39, 0.29) is 87.0 Å². The molecule has 19 heteroatoms. The number of aliphatic hydroxyl groups excluding tert-OH is 1. The minimum absolute atomic E-state index is 0.0106. The van der Waals surface area contributed by atoms with Crippen molar-refractivity contribution in [2.24, 2.45) is 28.3 Å². The monoisotopic (exact) mass is 1110 g/mol. The topological polar surface area (TPSA) is 242 Å². The van der Waals surface area contributed by atoms with Gasteiger partial charge in [0.2, 0.25) is 11.8 Å². The number of ether oxygens (including phenoxy) is 3. The van der Waals surface area contributed by atoms with E-state index in [0.29, 0.717) is 67.6 Å². The average molecular weight is 1120 g/mol. The number of alkyl halides is 2. The molecule has 4 atom stereocenters. The Hall–Kier alpha value is -5.96. The molecule has 3 aromatic rings. The van der Waals surface area contributed by atoms with Crippen molar-refractivity contribution < 1.29 is 56.9 Å². The number of esters is 2. The Labute approximate surface area is 434 Å². The van der Waals surface area contributed by atoms with Crippen molar-refractivity contribution in [3.05, 3.63) is 111 Å². The maximum Gasteiger partial charge on any atom is 0.408 e. The van der Waals surface area contributed by atoms with Gasteiger partial charge in [-0.2, -0.15) is 8.78 Å². The van der Waals surface area contributed by atoms with E-state index in [1.165, 1.54) is 36.4 Å². The largest absolute Gasteiger partial charge is 0.466 e. The van der Waals surface area contributed by atoms with Crippen LogP contribution in [0.25, 0.3) is 0 Å². The van der Waals surface area contributed by atoms with Crippen LogP contribution in [0.5, 0.6) is 0 Å². The number of aliphatic imine (C=N–C) groups is 1. The first-order valence-corrected chi connectivity index (χ1v) is 25.5. The fraction of sp³-hybridized carbons (Fsp3) is 0.491. The summed E-state index contributed by atoms with van der Waals surface area (Å²) in [6.07, 6.45) is 4.18. The van der Waals surface area contributed by atoms with Gasteiger partial charge in [-0.15, -0.1) is 0 Å². The van der Waals surface area contributed by atoms with Gasteiger partial charge in [-0.1, -0.05) is 81.3 Å². The molecule has 3 amide bonds. The van der Waals surface area contributed by atoms with Crippen LogP contribution in [0.15, 0.2) is 89.9 Å². The SMILES string of the molecule is CCOC(=O)CCCCCCN1C(=O)CC[C@@H]1/C=C/[C@@H](OC(=O)Cc1ccc(COC(=O)N[C@@H](CC(C)C)C(=O)C[C@@H](CCCN=C(N)N)C(=O)Nc2ccc(CO)cc2)cc1)C(F)(F)c1ccc(I)cc1. The van der Waals surface area contributed by atoms with Crippen molar-refractivity contribution in [2.75, 3.05) is 25.0 Å². The zero-order valence-corrected chi connectivity index (χ0v) is 43.5. The Morgan fingerprint density at radius 1 is 0.903 bits per heavy atom. The third-order valence-corrected chi connectivity index (χ3v) is 12.6. The summed E-state index contributed by atoms with van der Waals surface area (Å²) >= 11 is 2.01. The van der Waals surface area contributed by atoms with Gasteiger partial charge in [-0.25, -0.2) is 4.79 Å². The van der Waals surface area contributed by atoms with E-state index in [0.717, 1.165) is 16.4 Å². The number of ketones is 1. The molecular weight excluding hydrogens is 1050 g/mol. The first-order valence-electron chi connectivity index (χ1n) is 24.4. The van der Waals surface area contributed by atoms with Crippen molar-refractivity contribution in [2.45, 2.75) is 135 Å². The van der Waals surface area contributed by atoms with Crippen LogP contribution in [0.2, 0.25) is 0 Å². The molecule has 0 unspecified atom stereocenters.